The lowest BCUT2D eigenvalue weighted by molar-refractivity contribution is 0.291. The summed E-state index contributed by atoms with van der Waals surface area (Å²) < 4.78 is 5.95. The van der Waals surface area contributed by atoms with Crippen LogP contribution in [0, 0.1) is 12.8 Å². The zero-order valence-corrected chi connectivity index (χ0v) is 12.0. The Kier molecular flexibility index (Phi) is 4.84. The first-order valence-electron chi connectivity index (χ1n) is 7.16. The van der Waals surface area contributed by atoms with Gasteiger partial charge in [-0.05, 0) is 56.9 Å². The summed E-state index contributed by atoms with van der Waals surface area (Å²) in [4.78, 5) is 2.48. The van der Waals surface area contributed by atoms with E-state index in [0.29, 0.717) is 5.92 Å². The number of nitrogens with zero attached hydrogens (tertiary/aromatic N) is 1. The van der Waals surface area contributed by atoms with Crippen LogP contribution in [0.1, 0.15) is 43.8 Å². The van der Waals surface area contributed by atoms with E-state index in [1.165, 1.54) is 31.5 Å². The van der Waals surface area contributed by atoms with Crippen molar-refractivity contribution in [2.45, 2.75) is 46.7 Å². The molecule has 0 aromatic carbocycles. The van der Waals surface area contributed by atoms with Gasteiger partial charge in [0.15, 0.2) is 0 Å². The largest absolute Gasteiger partial charge is 0.463 e. The van der Waals surface area contributed by atoms with Gasteiger partial charge >= 0.3 is 0 Å². The molecule has 0 amide bonds. The van der Waals surface area contributed by atoms with Gasteiger partial charge in [0.25, 0.3) is 0 Å². The third kappa shape index (κ3) is 3.85. The molecule has 1 aromatic heterocycles. The van der Waals surface area contributed by atoms with Gasteiger partial charge in [0, 0.05) is 0 Å². The van der Waals surface area contributed by atoms with Gasteiger partial charge in [0.1, 0.15) is 11.5 Å². The first-order valence-corrected chi connectivity index (χ1v) is 7.16. The smallest absolute Gasteiger partial charge is 0.120 e. The molecule has 1 aliphatic rings. The fourth-order valence-electron chi connectivity index (χ4n) is 2.48. The van der Waals surface area contributed by atoms with Gasteiger partial charge in [-0.15, -0.1) is 0 Å². The van der Waals surface area contributed by atoms with Gasteiger partial charge in [0.05, 0.1) is 13.1 Å². The van der Waals surface area contributed by atoms with Crippen LogP contribution in [0.5, 0.6) is 0 Å². The maximum absolute atomic E-state index is 5.95. The predicted octanol–water partition coefficient (Wildman–Crippen LogP) is 2.93. The second kappa shape index (κ2) is 6.39. The van der Waals surface area contributed by atoms with Gasteiger partial charge in [-0.2, -0.15) is 0 Å². The molecule has 18 heavy (non-hydrogen) atoms. The molecular formula is C15H26N2O. The molecule has 1 aromatic rings. The summed E-state index contributed by atoms with van der Waals surface area (Å²) in [5, 5.41) is 3.44. The molecule has 0 bridgehead atoms. The van der Waals surface area contributed by atoms with Crippen LogP contribution in [-0.2, 0) is 13.1 Å². The minimum absolute atomic E-state index is 0.685. The standard InChI is InChI=1S/C15H26N2O/c1-12(2)9-16-10-15-13(3)8-14(18-15)11-17-6-4-5-7-17/h8,12,16H,4-7,9-11H2,1-3H3. The Morgan fingerprint density at radius 3 is 2.72 bits per heavy atom. The summed E-state index contributed by atoms with van der Waals surface area (Å²) in [6.45, 7) is 11.9. The Labute approximate surface area is 111 Å². The zero-order valence-electron chi connectivity index (χ0n) is 12.0. The number of aryl methyl sites for hydroxylation is 1. The molecule has 1 N–H and O–H groups in total. The SMILES string of the molecule is Cc1cc(CN2CCCC2)oc1CNCC(C)C. The van der Waals surface area contributed by atoms with Crippen LogP contribution in [0.25, 0.3) is 0 Å². The molecule has 0 radical (unpaired) electrons. The average Bonchev–Trinajstić information content (AvgIpc) is 2.90. The molecule has 3 nitrogen and oxygen atoms in total. The van der Waals surface area contributed by atoms with Gasteiger partial charge in [-0.3, -0.25) is 4.90 Å². The Morgan fingerprint density at radius 1 is 1.33 bits per heavy atom. The molecule has 1 saturated heterocycles. The first-order chi connectivity index (χ1) is 8.65. The van der Waals surface area contributed by atoms with Crippen LogP contribution in [0.4, 0.5) is 0 Å². The van der Waals surface area contributed by atoms with Crippen molar-refractivity contribution in [3.8, 4) is 0 Å². The van der Waals surface area contributed by atoms with E-state index in [9.17, 15) is 0 Å². The second-order valence-corrected chi connectivity index (χ2v) is 5.83. The summed E-state index contributed by atoms with van der Waals surface area (Å²) >= 11 is 0. The zero-order chi connectivity index (χ0) is 13.0. The summed E-state index contributed by atoms with van der Waals surface area (Å²) in [5.74, 6) is 2.91. The molecule has 2 heterocycles. The Hall–Kier alpha value is -0.800. The molecule has 0 saturated carbocycles. The minimum Gasteiger partial charge on any atom is -0.463 e. The summed E-state index contributed by atoms with van der Waals surface area (Å²) in [7, 11) is 0. The highest BCUT2D eigenvalue weighted by Gasteiger charge is 2.15. The summed E-state index contributed by atoms with van der Waals surface area (Å²) in [6.07, 6.45) is 2.67. The van der Waals surface area contributed by atoms with E-state index in [0.717, 1.165) is 31.2 Å². The van der Waals surface area contributed by atoms with Crippen molar-refractivity contribution in [2.24, 2.45) is 5.92 Å². The van der Waals surface area contributed by atoms with Gasteiger partial charge in [0.2, 0.25) is 0 Å². The van der Waals surface area contributed by atoms with Gasteiger partial charge < -0.3 is 9.73 Å². The normalized spacial score (nSPS) is 16.9. The number of rotatable bonds is 6. The lowest BCUT2D eigenvalue weighted by Crippen LogP contribution is -2.19. The van der Waals surface area contributed by atoms with Crippen molar-refractivity contribution in [3.05, 3.63) is 23.2 Å². The molecule has 1 aliphatic heterocycles. The van der Waals surface area contributed by atoms with Crippen molar-refractivity contribution in [1.82, 2.24) is 10.2 Å². The Bertz CT molecular complexity index is 365. The van der Waals surface area contributed by atoms with Crippen LogP contribution in [0.2, 0.25) is 0 Å². The highest BCUT2D eigenvalue weighted by atomic mass is 16.3. The maximum Gasteiger partial charge on any atom is 0.120 e. The van der Waals surface area contributed by atoms with Crippen molar-refractivity contribution in [3.63, 3.8) is 0 Å². The van der Waals surface area contributed by atoms with E-state index in [4.69, 9.17) is 4.42 Å². The third-order valence-electron chi connectivity index (χ3n) is 3.49. The van der Waals surface area contributed by atoms with E-state index < -0.39 is 0 Å². The fraction of sp³-hybridized carbons (Fsp3) is 0.733. The van der Waals surface area contributed by atoms with Crippen LogP contribution in [0.15, 0.2) is 10.5 Å². The van der Waals surface area contributed by atoms with Crippen LogP contribution >= 0.6 is 0 Å². The lowest BCUT2D eigenvalue weighted by atomic mass is 10.2. The molecule has 3 heteroatoms. The second-order valence-electron chi connectivity index (χ2n) is 5.83. The monoisotopic (exact) mass is 250 g/mol. The molecular weight excluding hydrogens is 224 g/mol. The van der Waals surface area contributed by atoms with Gasteiger partial charge in [-0.25, -0.2) is 0 Å². The van der Waals surface area contributed by atoms with Crippen molar-refractivity contribution in [2.75, 3.05) is 19.6 Å². The summed E-state index contributed by atoms with van der Waals surface area (Å²) in [5.41, 5.74) is 1.28. The van der Waals surface area contributed by atoms with Crippen LogP contribution in [-0.4, -0.2) is 24.5 Å². The Balaban J connectivity index is 1.85. The van der Waals surface area contributed by atoms with Crippen LogP contribution < -0.4 is 5.32 Å². The number of likely N-dealkylation sites (tertiary alicyclic amines) is 1. The molecule has 0 aliphatic carbocycles. The fourth-order valence-corrected chi connectivity index (χ4v) is 2.48. The van der Waals surface area contributed by atoms with Gasteiger partial charge in [-0.1, -0.05) is 13.8 Å². The number of hydrogen-bond donors (Lipinski definition) is 1. The molecule has 0 atom stereocenters. The van der Waals surface area contributed by atoms with E-state index in [2.05, 4.69) is 37.1 Å². The molecule has 102 valence electrons. The van der Waals surface area contributed by atoms with Crippen molar-refractivity contribution in [1.29, 1.82) is 0 Å². The highest BCUT2D eigenvalue weighted by Crippen LogP contribution is 2.18. The van der Waals surface area contributed by atoms with Crippen molar-refractivity contribution < 1.29 is 4.42 Å². The lowest BCUT2D eigenvalue weighted by Gasteiger charge is -2.11. The topological polar surface area (TPSA) is 28.4 Å². The van der Waals surface area contributed by atoms with E-state index >= 15 is 0 Å². The quantitative estimate of drug-likeness (QED) is 0.841. The summed E-state index contributed by atoms with van der Waals surface area (Å²) in [6, 6.07) is 2.20. The van der Waals surface area contributed by atoms with Crippen molar-refractivity contribution >= 4 is 0 Å². The minimum atomic E-state index is 0.685. The van der Waals surface area contributed by atoms with E-state index in [-0.39, 0.29) is 0 Å². The molecule has 2 rings (SSSR count). The molecule has 0 spiro atoms. The highest BCUT2D eigenvalue weighted by molar-refractivity contribution is 5.20. The Morgan fingerprint density at radius 2 is 2.06 bits per heavy atom. The predicted molar refractivity (Wildman–Crippen MR) is 74.5 cm³/mol. The molecule has 1 fully saturated rings. The van der Waals surface area contributed by atoms with E-state index in [1.54, 1.807) is 0 Å². The van der Waals surface area contributed by atoms with E-state index in [1.807, 2.05) is 0 Å². The first kappa shape index (κ1) is 13.6. The number of nitrogens with one attached hydrogen (secondary N) is 1. The molecule has 0 unspecified atom stereocenters. The third-order valence-corrected chi connectivity index (χ3v) is 3.49. The maximum atomic E-state index is 5.95. The number of hydrogen-bond acceptors (Lipinski definition) is 3. The van der Waals surface area contributed by atoms with Crippen LogP contribution in [0.3, 0.4) is 0 Å². The number of furan rings is 1. The average molecular weight is 250 g/mol.